The van der Waals surface area contributed by atoms with Gasteiger partial charge in [-0.1, -0.05) is 0 Å². The van der Waals surface area contributed by atoms with Gasteiger partial charge in [-0.2, -0.15) is 0 Å². The Hall–Kier alpha value is -1.30. The summed E-state index contributed by atoms with van der Waals surface area (Å²) in [6.07, 6.45) is 0.908. The second kappa shape index (κ2) is 4.97. The number of likely N-dealkylation sites (tertiary alicyclic amines) is 1. The second-order valence-corrected chi connectivity index (χ2v) is 3.93. The van der Waals surface area contributed by atoms with E-state index in [1.54, 1.807) is 0 Å². The van der Waals surface area contributed by atoms with E-state index in [1.807, 2.05) is 7.05 Å². The molecule has 0 spiro atoms. The van der Waals surface area contributed by atoms with E-state index in [0.29, 0.717) is 0 Å². The van der Waals surface area contributed by atoms with Crippen LogP contribution in [0.2, 0.25) is 0 Å². The van der Waals surface area contributed by atoms with Gasteiger partial charge in [0.15, 0.2) is 0 Å². The van der Waals surface area contributed by atoms with Crippen LogP contribution in [0.15, 0.2) is 0 Å². The van der Waals surface area contributed by atoms with E-state index < -0.39 is 18.0 Å². The quantitative estimate of drug-likeness (QED) is 0.590. The first kappa shape index (κ1) is 11.8. The zero-order chi connectivity index (χ0) is 11.4. The number of urea groups is 1. The largest absolute Gasteiger partial charge is 0.480 e. The first-order chi connectivity index (χ1) is 6.99. The highest BCUT2D eigenvalue weighted by atomic mass is 16.4. The molecule has 6 heteroatoms. The molecule has 1 aliphatic rings. The summed E-state index contributed by atoms with van der Waals surface area (Å²) in [6, 6.07) is -1.15. The second-order valence-electron chi connectivity index (χ2n) is 3.93. The summed E-state index contributed by atoms with van der Waals surface area (Å²) < 4.78 is 0. The molecule has 86 valence electrons. The third-order valence-electron chi connectivity index (χ3n) is 2.44. The Balaban J connectivity index is 2.27. The molecule has 0 saturated carbocycles. The van der Waals surface area contributed by atoms with Crippen LogP contribution >= 0.6 is 0 Å². The summed E-state index contributed by atoms with van der Waals surface area (Å²) >= 11 is 0. The van der Waals surface area contributed by atoms with Crippen molar-refractivity contribution in [1.29, 1.82) is 0 Å². The summed E-state index contributed by atoms with van der Waals surface area (Å²) in [6.45, 7) is 3.21. The molecule has 2 atom stereocenters. The van der Waals surface area contributed by atoms with Crippen LogP contribution in [0, 0.1) is 0 Å². The molecule has 1 saturated heterocycles. The van der Waals surface area contributed by atoms with Crippen molar-refractivity contribution < 1.29 is 14.7 Å². The Kier molecular flexibility index (Phi) is 3.90. The molecular formula is C9H17N3O3. The van der Waals surface area contributed by atoms with E-state index in [-0.39, 0.29) is 6.04 Å². The summed E-state index contributed by atoms with van der Waals surface area (Å²) in [5.74, 6) is -1.03. The van der Waals surface area contributed by atoms with Crippen LogP contribution in [0.3, 0.4) is 0 Å². The summed E-state index contributed by atoms with van der Waals surface area (Å²) in [4.78, 5) is 23.9. The zero-order valence-corrected chi connectivity index (χ0v) is 8.99. The number of carboxylic acid groups (broad SMARTS) is 1. The normalized spacial score (nSPS) is 23.5. The lowest BCUT2D eigenvalue weighted by Gasteiger charge is -2.15. The van der Waals surface area contributed by atoms with E-state index in [0.717, 1.165) is 19.5 Å². The van der Waals surface area contributed by atoms with Gasteiger partial charge in [-0.15, -0.1) is 0 Å². The number of hydrogen-bond acceptors (Lipinski definition) is 3. The number of rotatable bonds is 3. The smallest absolute Gasteiger partial charge is 0.325 e. The molecule has 3 N–H and O–H groups in total. The first-order valence-electron chi connectivity index (χ1n) is 4.97. The number of carboxylic acids is 1. The zero-order valence-electron chi connectivity index (χ0n) is 8.99. The average molecular weight is 215 g/mol. The van der Waals surface area contributed by atoms with Crippen molar-refractivity contribution in [3.8, 4) is 0 Å². The Bertz CT molecular complexity index is 257. The van der Waals surface area contributed by atoms with Crippen LogP contribution in [0.4, 0.5) is 4.79 Å². The first-order valence-corrected chi connectivity index (χ1v) is 4.97. The van der Waals surface area contributed by atoms with Crippen LogP contribution in [0.25, 0.3) is 0 Å². The van der Waals surface area contributed by atoms with Crippen molar-refractivity contribution in [3.05, 3.63) is 0 Å². The Morgan fingerprint density at radius 3 is 2.67 bits per heavy atom. The molecule has 0 aromatic rings. The average Bonchev–Trinajstić information content (AvgIpc) is 2.50. The van der Waals surface area contributed by atoms with E-state index in [1.165, 1.54) is 6.92 Å². The molecule has 0 aliphatic carbocycles. The van der Waals surface area contributed by atoms with Crippen molar-refractivity contribution in [2.75, 3.05) is 20.1 Å². The van der Waals surface area contributed by atoms with Crippen LogP contribution in [0.5, 0.6) is 0 Å². The number of aliphatic carboxylic acids is 1. The van der Waals surface area contributed by atoms with Gasteiger partial charge in [-0.25, -0.2) is 4.79 Å². The Labute approximate surface area is 88.6 Å². The third-order valence-corrected chi connectivity index (χ3v) is 2.44. The lowest BCUT2D eigenvalue weighted by atomic mass is 10.3. The monoisotopic (exact) mass is 215 g/mol. The molecule has 2 amide bonds. The number of amides is 2. The minimum Gasteiger partial charge on any atom is -0.480 e. The van der Waals surface area contributed by atoms with Crippen LogP contribution in [-0.4, -0.2) is 54.2 Å². The molecule has 0 bridgehead atoms. The molecule has 1 heterocycles. The number of hydrogen-bond donors (Lipinski definition) is 3. The van der Waals surface area contributed by atoms with Crippen molar-refractivity contribution in [2.24, 2.45) is 0 Å². The van der Waals surface area contributed by atoms with Crippen molar-refractivity contribution in [3.63, 3.8) is 0 Å². The fourth-order valence-electron chi connectivity index (χ4n) is 1.54. The van der Waals surface area contributed by atoms with Gasteiger partial charge < -0.3 is 20.6 Å². The summed E-state index contributed by atoms with van der Waals surface area (Å²) in [5, 5.41) is 13.7. The Morgan fingerprint density at radius 2 is 2.20 bits per heavy atom. The summed E-state index contributed by atoms with van der Waals surface area (Å²) in [7, 11) is 1.99. The van der Waals surface area contributed by atoms with Crippen molar-refractivity contribution in [2.45, 2.75) is 25.4 Å². The van der Waals surface area contributed by atoms with Gasteiger partial charge in [0.25, 0.3) is 0 Å². The van der Waals surface area contributed by atoms with E-state index in [4.69, 9.17) is 5.11 Å². The number of nitrogens with zero attached hydrogens (tertiary/aromatic N) is 1. The molecule has 1 unspecified atom stereocenters. The number of likely N-dealkylation sites (N-methyl/N-ethyl adjacent to an activating group) is 1. The molecule has 0 aromatic carbocycles. The predicted molar refractivity (Wildman–Crippen MR) is 54.7 cm³/mol. The van der Waals surface area contributed by atoms with Gasteiger partial charge in [0, 0.05) is 12.6 Å². The minimum absolute atomic E-state index is 0.121. The third kappa shape index (κ3) is 3.75. The van der Waals surface area contributed by atoms with Crippen LogP contribution in [0.1, 0.15) is 13.3 Å². The van der Waals surface area contributed by atoms with E-state index >= 15 is 0 Å². The van der Waals surface area contributed by atoms with Crippen molar-refractivity contribution >= 4 is 12.0 Å². The molecular weight excluding hydrogens is 198 g/mol. The van der Waals surface area contributed by atoms with Gasteiger partial charge in [0.2, 0.25) is 0 Å². The molecule has 0 aromatic heterocycles. The number of carbonyl (C=O) groups excluding carboxylic acids is 1. The fourth-order valence-corrected chi connectivity index (χ4v) is 1.54. The standard InChI is InChI=1S/C9H17N3O3/c1-6(8(13)14)10-9(15)11-7-3-4-12(2)5-7/h6-7H,3-5H2,1-2H3,(H,13,14)(H2,10,11,15)/t6-,7?/m1/s1. The van der Waals surface area contributed by atoms with Gasteiger partial charge in [-0.3, -0.25) is 4.79 Å². The number of nitrogens with one attached hydrogen (secondary N) is 2. The minimum atomic E-state index is -1.03. The van der Waals surface area contributed by atoms with Gasteiger partial charge in [-0.05, 0) is 26.9 Å². The molecule has 1 aliphatic heterocycles. The number of carbonyl (C=O) groups is 2. The predicted octanol–water partition coefficient (Wildman–Crippen LogP) is -0.537. The van der Waals surface area contributed by atoms with Gasteiger partial charge in [0.1, 0.15) is 6.04 Å². The summed E-state index contributed by atoms with van der Waals surface area (Å²) in [5.41, 5.74) is 0. The van der Waals surface area contributed by atoms with Crippen LogP contribution in [-0.2, 0) is 4.79 Å². The maximum Gasteiger partial charge on any atom is 0.325 e. The molecule has 15 heavy (non-hydrogen) atoms. The molecule has 1 rings (SSSR count). The van der Waals surface area contributed by atoms with Crippen molar-refractivity contribution in [1.82, 2.24) is 15.5 Å². The highest BCUT2D eigenvalue weighted by Crippen LogP contribution is 2.05. The van der Waals surface area contributed by atoms with Gasteiger partial charge in [0.05, 0.1) is 0 Å². The lowest BCUT2D eigenvalue weighted by molar-refractivity contribution is -0.138. The highest BCUT2D eigenvalue weighted by molar-refractivity contribution is 5.82. The Morgan fingerprint density at radius 1 is 1.53 bits per heavy atom. The van der Waals surface area contributed by atoms with E-state index in [2.05, 4.69) is 15.5 Å². The maximum atomic E-state index is 11.3. The highest BCUT2D eigenvalue weighted by Gasteiger charge is 2.22. The van der Waals surface area contributed by atoms with E-state index in [9.17, 15) is 9.59 Å². The molecule has 6 nitrogen and oxygen atoms in total. The van der Waals surface area contributed by atoms with Crippen LogP contribution < -0.4 is 10.6 Å². The SMILES string of the molecule is C[C@@H](NC(=O)NC1CCN(C)C1)C(=O)O. The molecule has 0 radical (unpaired) electrons. The lowest BCUT2D eigenvalue weighted by Crippen LogP contribution is -2.48. The van der Waals surface area contributed by atoms with Gasteiger partial charge >= 0.3 is 12.0 Å². The fraction of sp³-hybridized carbons (Fsp3) is 0.778. The maximum absolute atomic E-state index is 11.3. The topological polar surface area (TPSA) is 81.7 Å². The molecule has 1 fully saturated rings.